The van der Waals surface area contributed by atoms with Crippen molar-refractivity contribution in [1.29, 1.82) is 0 Å². The molecule has 1 heterocycles. The number of nitrogens with one attached hydrogen (secondary N) is 1. The predicted molar refractivity (Wildman–Crippen MR) is 89.9 cm³/mol. The van der Waals surface area contributed by atoms with Crippen LogP contribution in [0.1, 0.15) is 21.5 Å². The number of hydrogen-bond acceptors (Lipinski definition) is 6. The minimum absolute atomic E-state index is 0.113. The van der Waals surface area contributed by atoms with Gasteiger partial charge in [0.2, 0.25) is 5.03 Å². The molecule has 146 valence electrons. The molecule has 0 saturated carbocycles. The monoisotopic (exact) mass is 424 g/mol. The van der Waals surface area contributed by atoms with E-state index in [2.05, 4.69) is 15.0 Å². The minimum Gasteiger partial charge on any atom is -0.465 e. The minimum atomic E-state index is -4.82. The summed E-state index contributed by atoms with van der Waals surface area (Å²) in [5.41, 5.74) is -1.22. The van der Waals surface area contributed by atoms with Gasteiger partial charge in [-0.25, -0.2) is 9.78 Å². The fraction of sp³-hybridized carbons (Fsp3) is 0.200. The third-order valence-electron chi connectivity index (χ3n) is 3.45. The van der Waals surface area contributed by atoms with Crippen molar-refractivity contribution in [3.8, 4) is 0 Å². The molecule has 0 atom stereocenters. The quantitative estimate of drug-likeness (QED) is 0.567. The number of halogens is 4. The highest BCUT2D eigenvalue weighted by Gasteiger charge is 2.31. The van der Waals surface area contributed by atoms with Crippen LogP contribution >= 0.6 is 11.6 Å². The highest BCUT2D eigenvalue weighted by molar-refractivity contribution is 7.85. The molecule has 2 N–H and O–H groups in total. The van der Waals surface area contributed by atoms with Crippen LogP contribution in [0.3, 0.4) is 0 Å². The van der Waals surface area contributed by atoms with E-state index in [0.717, 1.165) is 31.5 Å². The van der Waals surface area contributed by atoms with Gasteiger partial charge in [-0.05, 0) is 30.7 Å². The zero-order valence-electron chi connectivity index (χ0n) is 13.8. The van der Waals surface area contributed by atoms with Crippen LogP contribution in [0.25, 0.3) is 0 Å². The first-order valence-corrected chi connectivity index (χ1v) is 8.87. The number of aryl methyl sites for hydroxylation is 1. The van der Waals surface area contributed by atoms with Gasteiger partial charge in [-0.2, -0.15) is 21.6 Å². The number of alkyl halides is 3. The van der Waals surface area contributed by atoms with Gasteiger partial charge in [0.05, 0.1) is 18.4 Å². The SMILES string of the molecule is COC(=O)c1cnc(S(=O)(=O)O)c(Cl)c1Nc1ccc(C(F)(F)F)cc1C. The summed E-state index contributed by atoms with van der Waals surface area (Å²) in [5, 5.41) is 1.05. The molecule has 0 spiro atoms. The molecule has 12 heteroatoms. The summed E-state index contributed by atoms with van der Waals surface area (Å²) in [6, 6.07) is 2.74. The van der Waals surface area contributed by atoms with Crippen molar-refractivity contribution in [3.63, 3.8) is 0 Å². The second-order valence-corrected chi connectivity index (χ2v) is 7.00. The van der Waals surface area contributed by atoms with Crippen molar-refractivity contribution in [2.45, 2.75) is 18.1 Å². The standard InChI is InChI=1S/C15H12ClF3N2O5S/c1-7-5-8(15(17,18)19)3-4-10(7)21-12-9(14(22)26-2)6-20-13(11(12)16)27(23,24)25/h3-6H,1-2H3,(H,20,21)(H,23,24,25). The average molecular weight is 425 g/mol. The van der Waals surface area contributed by atoms with E-state index < -0.39 is 37.9 Å². The smallest absolute Gasteiger partial charge is 0.416 e. The zero-order valence-corrected chi connectivity index (χ0v) is 15.3. The number of benzene rings is 1. The Balaban J connectivity index is 2.62. The molecule has 1 aromatic carbocycles. The summed E-state index contributed by atoms with van der Waals surface area (Å²) in [5.74, 6) is -0.932. The van der Waals surface area contributed by atoms with Crippen molar-refractivity contribution in [2.24, 2.45) is 0 Å². The lowest BCUT2D eigenvalue weighted by atomic mass is 10.1. The first kappa shape index (κ1) is 20.9. The highest BCUT2D eigenvalue weighted by atomic mass is 35.5. The van der Waals surface area contributed by atoms with Crippen LogP contribution in [0.5, 0.6) is 0 Å². The molecule has 0 bridgehead atoms. The van der Waals surface area contributed by atoms with Gasteiger partial charge in [0, 0.05) is 11.9 Å². The Morgan fingerprint density at radius 1 is 1.33 bits per heavy atom. The zero-order chi connectivity index (χ0) is 20.6. The van der Waals surface area contributed by atoms with Gasteiger partial charge in [-0.15, -0.1) is 0 Å². The Hall–Kier alpha value is -2.37. The summed E-state index contributed by atoms with van der Waals surface area (Å²) in [6.45, 7) is 1.37. The molecule has 7 nitrogen and oxygen atoms in total. The summed E-state index contributed by atoms with van der Waals surface area (Å²) in [7, 11) is -3.76. The van der Waals surface area contributed by atoms with Crippen molar-refractivity contribution in [1.82, 2.24) is 4.98 Å². The molecule has 0 radical (unpaired) electrons. The average Bonchev–Trinajstić information content (AvgIpc) is 2.55. The first-order chi connectivity index (χ1) is 12.4. The molecule has 0 aliphatic heterocycles. The van der Waals surface area contributed by atoms with Gasteiger partial charge in [0.25, 0.3) is 0 Å². The van der Waals surface area contributed by atoms with Gasteiger partial charge in [-0.3, -0.25) is 4.55 Å². The molecule has 2 rings (SSSR count). The second kappa shape index (κ2) is 7.33. The molecule has 0 unspecified atom stereocenters. The lowest BCUT2D eigenvalue weighted by Gasteiger charge is -2.16. The largest absolute Gasteiger partial charge is 0.465 e. The first-order valence-electron chi connectivity index (χ1n) is 7.05. The Labute approximate surface area is 156 Å². The maximum absolute atomic E-state index is 12.8. The summed E-state index contributed by atoms with van der Waals surface area (Å²) < 4.78 is 74.8. The van der Waals surface area contributed by atoms with Crippen LogP contribution in [-0.2, 0) is 21.0 Å². The number of hydrogen-bond donors (Lipinski definition) is 2. The topological polar surface area (TPSA) is 106 Å². The summed E-state index contributed by atoms with van der Waals surface area (Å²) >= 11 is 5.95. The van der Waals surface area contributed by atoms with Crippen LogP contribution in [-0.4, -0.2) is 31.0 Å². The molecular formula is C15H12ClF3N2O5S. The molecule has 0 amide bonds. The van der Waals surface area contributed by atoms with Crippen molar-refractivity contribution in [3.05, 3.63) is 46.1 Å². The van der Waals surface area contributed by atoms with E-state index in [1.165, 1.54) is 6.92 Å². The van der Waals surface area contributed by atoms with Crippen molar-refractivity contribution >= 4 is 39.1 Å². The van der Waals surface area contributed by atoms with Crippen LogP contribution in [0.15, 0.2) is 29.4 Å². The van der Waals surface area contributed by atoms with E-state index in [4.69, 9.17) is 11.6 Å². The number of ether oxygens (including phenoxy) is 1. The summed E-state index contributed by atoms with van der Waals surface area (Å²) in [4.78, 5) is 15.3. The van der Waals surface area contributed by atoms with E-state index in [0.29, 0.717) is 0 Å². The molecular weight excluding hydrogens is 413 g/mol. The number of nitrogens with zero attached hydrogens (tertiary/aromatic N) is 1. The number of pyridine rings is 1. The number of esters is 1. The van der Waals surface area contributed by atoms with Crippen molar-refractivity contribution < 1.29 is 35.7 Å². The van der Waals surface area contributed by atoms with E-state index in [1.54, 1.807) is 0 Å². The number of anilines is 2. The van der Waals surface area contributed by atoms with Crippen LogP contribution in [0.2, 0.25) is 5.02 Å². The van der Waals surface area contributed by atoms with E-state index in [-0.39, 0.29) is 22.5 Å². The number of aromatic nitrogens is 1. The number of rotatable bonds is 4. The third-order valence-corrected chi connectivity index (χ3v) is 4.73. The normalized spacial score (nSPS) is 12.0. The Bertz CT molecular complexity index is 1010. The Kier molecular flexibility index (Phi) is 5.68. The predicted octanol–water partition coefficient (Wildman–Crippen LogP) is 3.84. The maximum atomic E-state index is 12.8. The third kappa shape index (κ3) is 4.49. The lowest BCUT2D eigenvalue weighted by molar-refractivity contribution is -0.137. The fourth-order valence-electron chi connectivity index (χ4n) is 2.15. The molecule has 0 aliphatic carbocycles. The van der Waals surface area contributed by atoms with Gasteiger partial charge >= 0.3 is 22.3 Å². The molecule has 0 aliphatic rings. The van der Waals surface area contributed by atoms with Gasteiger partial charge in [0.15, 0.2) is 0 Å². The van der Waals surface area contributed by atoms with Gasteiger partial charge < -0.3 is 10.1 Å². The van der Waals surface area contributed by atoms with Crippen molar-refractivity contribution in [2.75, 3.05) is 12.4 Å². The Morgan fingerprint density at radius 3 is 2.44 bits per heavy atom. The van der Waals surface area contributed by atoms with E-state index in [1.807, 2.05) is 0 Å². The molecule has 0 saturated heterocycles. The molecule has 0 fully saturated rings. The van der Waals surface area contributed by atoms with E-state index >= 15 is 0 Å². The molecule has 1 aromatic heterocycles. The second-order valence-electron chi connectivity index (χ2n) is 5.29. The van der Waals surface area contributed by atoms with Gasteiger partial charge in [0.1, 0.15) is 10.6 Å². The number of carbonyl (C=O) groups is 1. The van der Waals surface area contributed by atoms with Gasteiger partial charge in [-0.1, -0.05) is 11.6 Å². The maximum Gasteiger partial charge on any atom is 0.416 e. The number of carbonyl (C=O) groups excluding carboxylic acids is 1. The number of methoxy groups -OCH3 is 1. The van der Waals surface area contributed by atoms with Crippen LogP contribution in [0.4, 0.5) is 24.5 Å². The lowest BCUT2D eigenvalue weighted by Crippen LogP contribution is -2.12. The van der Waals surface area contributed by atoms with Crippen LogP contribution in [0, 0.1) is 6.92 Å². The highest BCUT2D eigenvalue weighted by Crippen LogP contribution is 2.36. The fourth-order valence-corrected chi connectivity index (χ4v) is 3.16. The van der Waals surface area contributed by atoms with Crippen LogP contribution < -0.4 is 5.32 Å². The summed E-state index contributed by atoms with van der Waals surface area (Å²) in [6.07, 6.45) is -3.74. The molecule has 27 heavy (non-hydrogen) atoms. The molecule has 2 aromatic rings. The van der Waals surface area contributed by atoms with E-state index in [9.17, 15) is 30.9 Å². The Morgan fingerprint density at radius 2 is 1.96 bits per heavy atom.